The van der Waals surface area contributed by atoms with Crippen molar-refractivity contribution in [2.45, 2.75) is 39.5 Å². The Morgan fingerprint density at radius 1 is 1.16 bits per heavy atom. The number of hydrogen-bond acceptors (Lipinski definition) is 7. The molecule has 2 aliphatic rings. The molecule has 0 saturated heterocycles. The number of hydrogen-bond donors (Lipinski definition) is 0. The monoisotopic (exact) mass is 514 g/mol. The second-order valence-electron chi connectivity index (χ2n) is 9.38. The molecule has 0 saturated carbocycles. The van der Waals surface area contributed by atoms with E-state index in [0.29, 0.717) is 15.1 Å². The summed E-state index contributed by atoms with van der Waals surface area (Å²) in [6, 6.07) is 16.8. The summed E-state index contributed by atoms with van der Waals surface area (Å²) in [5.74, 6) is -0.609. The number of thiazole rings is 1. The normalized spacial score (nSPS) is 22.0. The number of carbonyl (C=O) groups is 1. The number of carbonyl (C=O) groups excluding carboxylic acids is 1. The minimum Gasteiger partial charge on any atom is -0.466 e. The second-order valence-corrected chi connectivity index (χ2v) is 10.4. The van der Waals surface area contributed by atoms with Crippen LogP contribution in [0.3, 0.4) is 0 Å². The molecule has 2 aromatic heterocycles. The largest absolute Gasteiger partial charge is 0.466 e. The van der Waals surface area contributed by atoms with Crippen LogP contribution < -0.4 is 19.6 Å². The number of esters is 1. The third-order valence-electron chi connectivity index (χ3n) is 7.04. The quantitative estimate of drug-likeness (QED) is 0.391. The van der Waals surface area contributed by atoms with E-state index in [-0.39, 0.29) is 12.2 Å². The van der Waals surface area contributed by atoms with Gasteiger partial charge in [-0.2, -0.15) is 5.10 Å². The first kappa shape index (κ1) is 23.4. The van der Waals surface area contributed by atoms with E-state index in [0.717, 1.165) is 28.2 Å². The van der Waals surface area contributed by atoms with E-state index in [2.05, 4.69) is 0 Å². The predicted molar refractivity (Wildman–Crippen MR) is 140 cm³/mol. The number of nitrogens with zero attached hydrogens (tertiary/aromatic N) is 4. The first-order chi connectivity index (χ1) is 17.8. The Labute approximate surface area is 217 Å². The van der Waals surface area contributed by atoms with Gasteiger partial charge in [0.25, 0.3) is 5.56 Å². The maximum atomic E-state index is 13.9. The summed E-state index contributed by atoms with van der Waals surface area (Å²) >= 11 is 1.30. The zero-order valence-corrected chi connectivity index (χ0v) is 21.8. The van der Waals surface area contributed by atoms with E-state index in [9.17, 15) is 9.59 Å². The van der Waals surface area contributed by atoms with Crippen LogP contribution in [0.4, 0.5) is 0 Å². The lowest BCUT2D eigenvalue weighted by Gasteiger charge is -2.44. The number of fused-ring (bicyclic) bond motifs is 6. The van der Waals surface area contributed by atoms with Crippen LogP contribution in [-0.4, -0.2) is 32.6 Å². The van der Waals surface area contributed by atoms with Gasteiger partial charge < -0.3 is 9.47 Å². The van der Waals surface area contributed by atoms with Crippen molar-refractivity contribution in [1.82, 2.24) is 14.3 Å². The van der Waals surface area contributed by atoms with Gasteiger partial charge in [-0.3, -0.25) is 14.2 Å². The number of aryl methyl sites for hydroxylation is 1. The average Bonchev–Trinajstić information content (AvgIpc) is 3.33. The van der Waals surface area contributed by atoms with Crippen LogP contribution in [0.5, 0.6) is 5.75 Å². The van der Waals surface area contributed by atoms with Crippen molar-refractivity contribution in [1.29, 1.82) is 0 Å². The van der Waals surface area contributed by atoms with Crippen LogP contribution in [-0.2, 0) is 9.53 Å². The van der Waals surface area contributed by atoms with E-state index in [4.69, 9.17) is 19.6 Å². The highest BCUT2D eigenvalue weighted by molar-refractivity contribution is 7.07. The van der Waals surface area contributed by atoms with Gasteiger partial charge in [0, 0.05) is 16.8 Å². The summed E-state index contributed by atoms with van der Waals surface area (Å²) in [4.78, 5) is 32.4. The fraction of sp³-hybridized carbons (Fsp3) is 0.286. The van der Waals surface area contributed by atoms with Gasteiger partial charge in [-0.1, -0.05) is 47.7 Å². The molecule has 0 fully saturated rings. The second kappa shape index (κ2) is 8.55. The lowest BCUT2D eigenvalue weighted by atomic mass is 9.81. The van der Waals surface area contributed by atoms with Crippen molar-refractivity contribution in [3.05, 3.63) is 96.8 Å². The molecule has 3 atom stereocenters. The van der Waals surface area contributed by atoms with Gasteiger partial charge in [-0.05, 0) is 52.0 Å². The van der Waals surface area contributed by atoms with Crippen LogP contribution >= 0.6 is 11.3 Å². The molecule has 4 aromatic rings. The van der Waals surface area contributed by atoms with Crippen molar-refractivity contribution in [2.75, 3.05) is 6.61 Å². The van der Waals surface area contributed by atoms with Crippen LogP contribution in [0.15, 0.2) is 64.4 Å². The van der Waals surface area contributed by atoms with E-state index in [1.807, 2.05) is 79.2 Å². The predicted octanol–water partition coefficient (Wildman–Crippen LogP) is 3.05. The molecule has 37 heavy (non-hydrogen) atoms. The van der Waals surface area contributed by atoms with Gasteiger partial charge in [0.2, 0.25) is 5.72 Å². The Balaban J connectivity index is 1.56. The number of benzene rings is 2. The molecule has 0 aliphatic carbocycles. The highest BCUT2D eigenvalue weighted by Gasteiger charge is 2.55. The summed E-state index contributed by atoms with van der Waals surface area (Å²) in [7, 11) is 0. The van der Waals surface area contributed by atoms with Crippen LogP contribution in [0, 0.1) is 19.8 Å². The molecule has 188 valence electrons. The lowest BCUT2D eigenvalue weighted by Crippen LogP contribution is -2.58. The topological polar surface area (TPSA) is 87.7 Å². The molecule has 0 amide bonds. The molecular formula is C28H26N4O4S. The van der Waals surface area contributed by atoms with Gasteiger partial charge in [0.1, 0.15) is 11.7 Å². The average molecular weight is 515 g/mol. The summed E-state index contributed by atoms with van der Waals surface area (Å²) in [6.07, 6.45) is 1.88. The summed E-state index contributed by atoms with van der Waals surface area (Å²) in [5, 5.41) is 4.71. The molecule has 9 heteroatoms. The lowest BCUT2D eigenvalue weighted by molar-refractivity contribution is -0.160. The number of rotatable bonds is 4. The minimum atomic E-state index is -1.19. The first-order valence-electron chi connectivity index (χ1n) is 12.2. The smallest absolute Gasteiger partial charge is 0.317 e. The Morgan fingerprint density at radius 2 is 1.89 bits per heavy atom. The molecule has 0 unspecified atom stereocenters. The van der Waals surface area contributed by atoms with Gasteiger partial charge in [-0.15, -0.1) is 0 Å². The number of aromatic nitrogens is 3. The van der Waals surface area contributed by atoms with E-state index < -0.39 is 23.7 Å². The molecule has 6 rings (SSSR count). The molecular weight excluding hydrogens is 488 g/mol. The molecule has 4 heterocycles. The molecule has 0 spiro atoms. The zero-order valence-electron chi connectivity index (χ0n) is 21.0. The van der Waals surface area contributed by atoms with Crippen molar-refractivity contribution >= 4 is 23.4 Å². The van der Waals surface area contributed by atoms with Crippen molar-refractivity contribution in [3.63, 3.8) is 0 Å². The first-order valence-corrected chi connectivity index (χ1v) is 13.0. The molecule has 2 bridgehead atoms. The zero-order chi connectivity index (χ0) is 25.9. The molecule has 0 radical (unpaired) electrons. The van der Waals surface area contributed by atoms with E-state index in [1.165, 1.54) is 11.3 Å². The highest BCUT2D eigenvalue weighted by Crippen LogP contribution is 2.47. The third kappa shape index (κ3) is 3.56. The van der Waals surface area contributed by atoms with Crippen LogP contribution in [0.2, 0.25) is 0 Å². The Hall–Kier alpha value is -3.98. The Morgan fingerprint density at radius 3 is 2.65 bits per heavy atom. The van der Waals surface area contributed by atoms with Crippen LogP contribution in [0.25, 0.3) is 11.8 Å². The number of para-hydroxylation sites is 2. The van der Waals surface area contributed by atoms with Crippen molar-refractivity contribution < 1.29 is 14.3 Å². The van der Waals surface area contributed by atoms with Crippen LogP contribution in [0.1, 0.15) is 42.4 Å². The number of ether oxygens (including phenoxy) is 2. The summed E-state index contributed by atoms with van der Waals surface area (Å²) in [5.41, 5.74) is 2.96. The fourth-order valence-electron chi connectivity index (χ4n) is 5.35. The van der Waals surface area contributed by atoms with Gasteiger partial charge in [0.15, 0.2) is 4.80 Å². The van der Waals surface area contributed by atoms with Crippen molar-refractivity contribution in [3.8, 4) is 11.4 Å². The SMILES string of the molecule is CCOC(=O)[C@H]1[C@H]2c3ccccc3O[C@]1(C)N=c1s/c(=C/c3c(C)nn(-c4ccccc4)c3C)c(=O)n12. The fourth-order valence-corrected chi connectivity index (χ4v) is 6.43. The molecule has 2 aromatic carbocycles. The third-order valence-corrected chi connectivity index (χ3v) is 8.03. The summed E-state index contributed by atoms with van der Waals surface area (Å²) in [6.45, 7) is 7.70. The van der Waals surface area contributed by atoms with E-state index >= 15 is 0 Å². The highest BCUT2D eigenvalue weighted by atomic mass is 32.1. The van der Waals surface area contributed by atoms with Gasteiger partial charge >= 0.3 is 5.97 Å². The van der Waals surface area contributed by atoms with Gasteiger partial charge in [0.05, 0.1) is 28.6 Å². The van der Waals surface area contributed by atoms with E-state index in [1.54, 1.807) is 18.4 Å². The van der Waals surface area contributed by atoms with Crippen molar-refractivity contribution in [2.24, 2.45) is 10.9 Å². The minimum absolute atomic E-state index is 0.201. The molecule has 8 nitrogen and oxygen atoms in total. The summed E-state index contributed by atoms with van der Waals surface area (Å²) < 4.78 is 15.7. The molecule has 0 N–H and O–H groups in total. The molecule has 2 aliphatic heterocycles. The Kier molecular flexibility index (Phi) is 5.41. The standard InChI is InChI=1S/C28H26N4O4S/c1-5-35-26(34)23-24-19-13-9-10-14-21(19)36-28(23,4)29-27-31(24)25(33)22(37-27)15-20-16(2)30-32(17(20)3)18-11-7-6-8-12-18/h6-15,23-24H,5H2,1-4H3/b22-15+/t23-,24-,28+/m1/s1. The maximum absolute atomic E-state index is 13.9. The maximum Gasteiger partial charge on any atom is 0.317 e. The van der Waals surface area contributed by atoms with Gasteiger partial charge in [-0.25, -0.2) is 9.67 Å². The Bertz CT molecular complexity index is 1720.